The van der Waals surface area contributed by atoms with E-state index in [4.69, 9.17) is 4.74 Å². The van der Waals surface area contributed by atoms with Crippen molar-refractivity contribution in [1.82, 2.24) is 4.90 Å². The molecule has 2 aliphatic rings. The summed E-state index contributed by atoms with van der Waals surface area (Å²) < 4.78 is 6.00. The summed E-state index contributed by atoms with van der Waals surface area (Å²) in [5.74, 6) is 0.0928. The van der Waals surface area contributed by atoms with E-state index < -0.39 is 0 Å². The monoisotopic (exact) mass is 297 g/mol. The molecule has 3 nitrogen and oxygen atoms in total. The Labute approximate surface area is 132 Å². The summed E-state index contributed by atoms with van der Waals surface area (Å²) in [4.78, 5) is 14.2. The summed E-state index contributed by atoms with van der Waals surface area (Å²) in [6.07, 6.45) is 8.66. The molecular weight excluding hydrogens is 274 g/mol. The highest BCUT2D eigenvalue weighted by molar-refractivity contribution is 5.91. The van der Waals surface area contributed by atoms with Gasteiger partial charge < -0.3 is 9.64 Å². The molecule has 22 heavy (non-hydrogen) atoms. The molecule has 0 atom stereocenters. The van der Waals surface area contributed by atoms with Gasteiger partial charge in [-0.3, -0.25) is 4.79 Å². The van der Waals surface area contributed by atoms with Crippen LogP contribution in [0, 0.1) is 0 Å². The molecule has 0 unspecified atom stereocenters. The highest BCUT2D eigenvalue weighted by atomic mass is 16.5. The molecule has 0 bridgehead atoms. The van der Waals surface area contributed by atoms with E-state index in [1.165, 1.54) is 5.57 Å². The number of benzene rings is 1. The lowest BCUT2D eigenvalue weighted by Crippen LogP contribution is -2.47. The van der Waals surface area contributed by atoms with Crippen LogP contribution in [0.15, 0.2) is 48.1 Å². The second-order valence-corrected chi connectivity index (χ2v) is 6.22. The third kappa shape index (κ3) is 3.47. The number of rotatable bonds is 2. The van der Waals surface area contributed by atoms with E-state index in [0.29, 0.717) is 0 Å². The molecule has 1 aromatic rings. The summed E-state index contributed by atoms with van der Waals surface area (Å²) in [5.41, 5.74) is 2.34. The van der Waals surface area contributed by atoms with E-state index in [9.17, 15) is 4.79 Å². The lowest BCUT2D eigenvalue weighted by atomic mass is 9.87. The van der Waals surface area contributed by atoms with Gasteiger partial charge in [-0.25, -0.2) is 0 Å². The molecule has 2 heterocycles. The van der Waals surface area contributed by atoms with Gasteiger partial charge in [-0.2, -0.15) is 0 Å². The lowest BCUT2D eigenvalue weighted by Gasteiger charge is -2.41. The average Bonchev–Trinajstić information content (AvgIpc) is 2.54. The van der Waals surface area contributed by atoms with Gasteiger partial charge in [0.1, 0.15) is 0 Å². The molecule has 3 heteroatoms. The van der Waals surface area contributed by atoms with Gasteiger partial charge in [0, 0.05) is 19.2 Å². The van der Waals surface area contributed by atoms with Crippen molar-refractivity contribution in [3.8, 4) is 0 Å². The highest BCUT2D eigenvalue weighted by Gasteiger charge is 2.36. The van der Waals surface area contributed by atoms with E-state index in [0.717, 1.165) is 44.5 Å². The first-order valence-electron chi connectivity index (χ1n) is 8.01. The maximum absolute atomic E-state index is 12.3. The fourth-order valence-electron chi connectivity index (χ4n) is 3.21. The number of carbonyl (C=O) groups is 1. The number of ether oxygens (including phenoxy) is 1. The summed E-state index contributed by atoms with van der Waals surface area (Å²) in [6.45, 7) is 4.51. The molecule has 0 radical (unpaired) electrons. The van der Waals surface area contributed by atoms with Crippen molar-refractivity contribution in [3.63, 3.8) is 0 Å². The van der Waals surface area contributed by atoms with Crippen LogP contribution in [-0.2, 0) is 9.53 Å². The van der Waals surface area contributed by atoms with Gasteiger partial charge in [-0.1, -0.05) is 42.0 Å². The topological polar surface area (TPSA) is 29.5 Å². The van der Waals surface area contributed by atoms with E-state index in [1.807, 2.05) is 41.3 Å². The van der Waals surface area contributed by atoms with E-state index in [-0.39, 0.29) is 11.5 Å². The first kappa shape index (κ1) is 15.0. The number of nitrogens with zero attached hydrogens (tertiary/aromatic N) is 1. The Bertz CT molecular complexity index is 581. The second-order valence-electron chi connectivity index (χ2n) is 6.22. The Kier molecular flexibility index (Phi) is 4.44. The Morgan fingerprint density at radius 2 is 1.95 bits per heavy atom. The number of amides is 1. The fourth-order valence-corrected chi connectivity index (χ4v) is 3.21. The van der Waals surface area contributed by atoms with E-state index >= 15 is 0 Å². The van der Waals surface area contributed by atoms with Crippen molar-refractivity contribution in [1.29, 1.82) is 0 Å². The SMILES string of the molecule is CC1=CC2(CCN(C(=O)/C=C/c3ccccc3)CC2)OCC1. The lowest BCUT2D eigenvalue weighted by molar-refractivity contribution is -0.131. The number of carbonyl (C=O) groups excluding carboxylic acids is 1. The van der Waals surface area contributed by atoms with Gasteiger partial charge in [0.25, 0.3) is 0 Å². The smallest absolute Gasteiger partial charge is 0.246 e. The van der Waals surface area contributed by atoms with Crippen LogP contribution in [-0.4, -0.2) is 36.1 Å². The molecule has 0 aromatic heterocycles. The normalized spacial score (nSPS) is 21.1. The summed E-state index contributed by atoms with van der Waals surface area (Å²) in [6, 6.07) is 9.92. The zero-order valence-electron chi connectivity index (χ0n) is 13.1. The zero-order chi connectivity index (χ0) is 15.4. The zero-order valence-corrected chi connectivity index (χ0v) is 13.1. The maximum Gasteiger partial charge on any atom is 0.246 e. The summed E-state index contributed by atoms with van der Waals surface area (Å²) in [7, 11) is 0. The molecule has 0 N–H and O–H groups in total. The quantitative estimate of drug-likeness (QED) is 0.618. The predicted octanol–water partition coefficient (Wildman–Crippen LogP) is 3.43. The van der Waals surface area contributed by atoms with Crippen molar-refractivity contribution in [2.75, 3.05) is 19.7 Å². The number of hydrogen-bond donors (Lipinski definition) is 0. The minimum atomic E-state index is -0.123. The minimum Gasteiger partial charge on any atom is -0.370 e. The van der Waals surface area contributed by atoms with Gasteiger partial charge in [0.2, 0.25) is 5.91 Å². The van der Waals surface area contributed by atoms with Crippen LogP contribution in [0.4, 0.5) is 0 Å². The van der Waals surface area contributed by atoms with Crippen molar-refractivity contribution in [3.05, 3.63) is 53.6 Å². The second kappa shape index (κ2) is 6.49. The molecular formula is C19H23NO2. The van der Waals surface area contributed by atoms with E-state index in [1.54, 1.807) is 6.08 Å². The summed E-state index contributed by atoms with van der Waals surface area (Å²) >= 11 is 0. The van der Waals surface area contributed by atoms with Crippen LogP contribution in [0.2, 0.25) is 0 Å². The molecule has 1 spiro atoms. The third-order valence-corrected chi connectivity index (χ3v) is 4.53. The van der Waals surface area contributed by atoms with Crippen LogP contribution in [0.25, 0.3) is 6.08 Å². The third-order valence-electron chi connectivity index (χ3n) is 4.53. The minimum absolute atomic E-state index is 0.0928. The molecule has 3 rings (SSSR count). The number of hydrogen-bond acceptors (Lipinski definition) is 2. The van der Waals surface area contributed by atoms with Gasteiger partial charge in [0.05, 0.1) is 12.2 Å². The standard InChI is InChI=1S/C19H23NO2/c1-16-9-14-22-19(15-16)10-12-20(13-11-19)18(21)8-7-17-5-3-2-4-6-17/h2-8,15H,9-14H2,1H3/b8-7+. The van der Waals surface area contributed by atoms with Crippen molar-refractivity contribution in [2.45, 2.75) is 31.8 Å². The van der Waals surface area contributed by atoms with Crippen LogP contribution >= 0.6 is 0 Å². The average molecular weight is 297 g/mol. The largest absolute Gasteiger partial charge is 0.370 e. The Morgan fingerprint density at radius 1 is 1.23 bits per heavy atom. The van der Waals surface area contributed by atoms with Crippen LogP contribution in [0.5, 0.6) is 0 Å². The van der Waals surface area contributed by atoms with Crippen molar-refractivity contribution < 1.29 is 9.53 Å². The maximum atomic E-state index is 12.3. The Hall–Kier alpha value is -1.87. The van der Waals surface area contributed by atoms with Crippen LogP contribution in [0.3, 0.4) is 0 Å². The van der Waals surface area contributed by atoms with Gasteiger partial charge in [0.15, 0.2) is 0 Å². The summed E-state index contributed by atoms with van der Waals surface area (Å²) in [5, 5.41) is 0. The van der Waals surface area contributed by atoms with Crippen LogP contribution < -0.4 is 0 Å². The van der Waals surface area contributed by atoms with Gasteiger partial charge >= 0.3 is 0 Å². The fraction of sp³-hybridized carbons (Fsp3) is 0.421. The van der Waals surface area contributed by atoms with Gasteiger partial charge in [-0.05, 0) is 37.8 Å². The van der Waals surface area contributed by atoms with Crippen LogP contribution in [0.1, 0.15) is 31.7 Å². The van der Waals surface area contributed by atoms with Crippen molar-refractivity contribution >= 4 is 12.0 Å². The molecule has 1 saturated heterocycles. The first-order valence-corrected chi connectivity index (χ1v) is 8.01. The molecule has 1 fully saturated rings. The molecule has 2 aliphatic heterocycles. The molecule has 1 aromatic carbocycles. The Morgan fingerprint density at radius 3 is 2.64 bits per heavy atom. The van der Waals surface area contributed by atoms with Gasteiger partial charge in [-0.15, -0.1) is 0 Å². The predicted molar refractivity (Wildman–Crippen MR) is 88.3 cm³/mol. The molecule has 116 valence electrons. The van der Waals surface area contributed by atoms with E-state index in [2.05, 4.69) is 13.0 Å². The molecule has 0 aliphatic carbocycles. The molecule has 0 saturated carbocycles. The number of piperidine rings is 1. The van der Waals surface area contributed by atoms with Crippen molar-refractivity contribution in [2.24, 2.45) is 0 Å². The number of likely N-dealkylation sites (tertiary alicyclic amines) is 1. The first-order chi connectivity index (χ1) is 10.7. The molecule has 1 amide bonds. The highest BCUT2D eigenvalue weighted by Crippen LogP contribution is 2.33. The Balaban J connectivity index is 1.58.